The number of carbonyl (C=O) groups excluding carboxylic acids is 3. The van der Waals surface area contributed by atoms with Gasteiger partial charge in [0, 0.05) is 42.5 Å². The Morgan fingerprint density at radius 1 is 1.17 bits per heavy atom. The van der Waals surface area contributed by atoms with E-state index in [0.717, 1.165) is 35.4 Å². The Morgan fingerprint density at radius 3 is 2.58 bits per heavy atom. The largest absolute Gasteiger partial charge is 0.496 e. The number of fused-ring (bicyclic) bond motifs is 1. The number of nitrogens with one attached hydrogen (secondary N) is 1. The fourth-order valence-electron chi connectivity index (χ4n) is 4.78. The van der Waals surface area contributed by atoms with Crippen LogP contribution in [0.25, 0.3) is 5.65 Å². The number of nitrogens with two attached hydrogens (primary N) is 1. The first-order valence-corrected chi connectivity index (χ1v) is 12.1. The molecule has 0 unspecified atom stereocenters. The normalized spacial score (nSPS) is 14.1. The Kier molecular flexibility index (Phi) is 7.52. The molecule has 2 aromatic heterocycles. The van der Waals surface area contributed by atoms with Crippen LogP contribution in [0.1, 0.15) is 52.1 Å². The van der Waals surface area contributed by atoms with E-state index in [1.54, 1.807) is 11.6 Å². The summed E-state index contributed by atoms with van der Waals surface area (Å²) in [6.07, 6.45) is 3.98. The predicted molar refractivity (Wildman–Crippen MR) is 134 cm³/mol. The van der Waals surface area contributed by atoms with Crippen LogP contribution in [0, 0.1) is 13.8 Å². The van der Waals surface area contributed by atoms with Gasteiger partial charge in [-0.3, -0.25) is 14.4 Å². The van der Waals surface area contributed by atoms with Gasteiger partial charge in [-0.25, -0.2) is 9.50 Å². The van der Waals surface area contributed by atoms with Crippen molar-refractivity contribution in [1.29, 1.82) is 0 Å². The van der Waals surface area contributed by atoms with Crippen molar-refractivity contribution in [3.8, 4) is 5.75 Å². The first-order chi connectivity index (χ1) is 17.3. The van der Waals surface area contributed by atoms with Gasteiger partial charge in [0.1, 0.15) is 11.3 Å². The monoisotopic (exact) mass is 492 g/mol. The van der Waals surface area contributed by atoms with Crippen LogP contribution < -0.4 is 15.8 Å². The number of rotatable bonds is 8. The molecule has 0 spiro atoms. The number of carbonyl (C=O) groups is 3. The van der Waals surface area contributed by atoms with Crippen LogP contribution in [-0.2, 0) is 22.4 Å². The van der Waals surface area contributed by atoms with Crippen molar-refractivity contribution in [2.45, 2.75) is 52.0 Å². The van der Waals surface area contributed by atoms with E-state index in [4.69, 9.17) is 10.5 Å². The Morgan fingerprint density at radius 2 is 1.89 bits per heavy atom. The zero-order valence-electron chi connectivity index (χ0n) is 20.9. The molecule has 0 radical (unpaired) electrons. The van der Waals surface area contributed by atoms with Gasteiger partial charge in [-0.2, -0.15) is 5.10 Å². The number of aryl methyl sites for hydroxylation is 2. The highest BCUT2D eigenvalue weighted by Gasteiger charge is 2.25. The minimum absolute atomic E-state index is 0.0361. The SMILES string of the molecule is COc1ccccc1CC(=O)N1CCC(NC(=O)CCc2c(C)nc3c(C(N)=O)cnn3c2C)CC1. The van der Waals surface area contributed by atoms with E-state index in [1.807, 2.05) is 43.0 Å². The van der Waals surface area contributed by atoms with E-state index in [9.17, 15) is 14.4 Å². The average Bonchev–Trinajstić information content (AvgIpc) is 3.29. The van der Waals surface area contributed by atoms with Crippen molar-refractivity contribution < 1.29 is 19.1 Å². The molecule has 10 heteroatoms. The molecule has 1 aliphatic rings. The van der Waals surface area contributed by atoms with Crippen LogP contribution in [0.3, 0.4) is 0 Å². The molecule has 1 aliphatic heterocycles. The van der Waals surface area contributed by atoms with Gasteiger partial charge in [0.05, 0.1) is 19.7 Å². The lowest BCUT2D eigenvalue weighted by Gasteiger charge is -2.32. The van der Waals surface area contributed by atoms with Crippen LogP contribution in [-0.4, -0.2) is 63.5 Å². The molecule has 3 aromatic rings. The number of nitrogens with zero attached hydrogens (tertiary/aromatic N) is 4. The van der Waals surface area contributed by atoms with E-state index in [1.165, 1.54) is 6.20 Å². The van der Waals surface area contributed by atoms with Gasteiger partial charge in [-0.05, 0) is 44.7 Å². The smallest absolute Gasteiger partial charge is 0.254 e. The van der Waals surface area contributed by atoms with E-state index >= 15 is 0 Å². The first kappa shape index (κ1) is 25.2. The molecule has 1 aromatic carbocycles. The van der Waals surface area contributed by atoms with Crippen molar-refractivity contribution in [2.75, 3.05) is 20.2 Å². The Hall–Kier alpha value is -3.95. The zero-order valence-corrected chi connectivity index (χ0v) is 20.9. The van der Waals surface area contributed by atoms with Gasteiger partial charge in [-0.1, -0.05) is 18.2 Å². The molecular weight excluding hydrogens is 460 g/mol. The molecule has 0 bridgehead atoms. The maximum atomic E-state index is 12.8. The van der Waals surface area contributed by atoms with Crippen molar-refractivity contribution in [3.63, 3.8) is 0 Å². The summed E-state index contributed by atoms with van der Waals surface area (Å²) in [6, 6.07) is 7.59. The third kappa shape index (κ3) is 5.32. The van der Waals surface area contributed by atoms with Crippen molar-refractivity contribution in [3.05, 3.63) is 58.5 Å². The minimum atomic E-state index is -0.573. The van der Waals surface area contributed by atoms with Crippen LogP contribution in [0.4, 0.5) is 0 Å². The molecular formula is C26H32N6O4. The quantitative estimate of drug-likeness (QED) is 0.492. The molecule has 1 fully saturated rings. The van der Waals surface area contributed by atoms with Crippen LogP contribution in [0.15, 0.2) is 30.5 Å². The number of piperidine rings is 1. The molecule has 36 heavy (non-hydrogen) atoms. The third-order valence-corrected chi connectivity index (χ3v) is 6.82. The molecule has 3 heterocycles. The van der Waals surface area contributed by atoms with Crippen LogP contribution in [0.2, 0.25) is 0 Å². The van der Waals surface area contributed by atoms with Gasteiger partial charge in [0.15, 0.2) is 5.65 Å². The van der Waals surface area contributed by atoms with Crippen LogP contribution in [0.5, 0.6) is 5.75 Å². The maximum absolute atomic E-state index is 12.8. The maximum Gasteiger partial charge on any atom is 0.254 e. The predicted octanol–water partition coefficient (Wildman–Crippen LogP) is 1.74. The Balaban J connectivity index is 1.28. The minimum Gasteiger partial charge on any atom is -0.496 e. The molecule has 0 atom stereocenters. The van der Waals surface area contributed by atoms with Gasteiger partial charge in [0.25, 0.3) is 5.91 Å². The number of amides is 3. The van der Waals surface area contributed by atoms with E-state index in [0.29, 0.717) is 43.7 Å². The Labute approximate surface area is 209 Å². The fourth-order valence-corrected chi connectivity index (χ4v) is 4.78. The van der Waals surface area contributed by atoms with Crippen molar-refractivity contribution in [1.82, 2.24) is 24.8 Å². The number of hydrogen-bond acceptors (Lipinski definition) is 6. The standard InChI is InChI=1S/C26H32N6O4/c1-16-20(17(2)32-26(29-16)21(15-28-32)25(27)35)8-9-23(33)30-19-10-12-31(13-11-19)24(34)14-18-6-4-5-7-22(18)36-3/h4-7,15,19H,8-14H2,1-3H3,(H2,27,35)(H,30,33). The summed E-state index contributed by atoms with van der Waals surface area (Å²) >= 11 is 0. The summed E-state index contributed by atoms with van der Waals surface area (Å²) in [5, 5.41) is 7.34. The first-order valence-electron chi connectivity index (χ1n) is 12.1. The van der Waals surface area contributed by atoms with Gasteiger partial charge in [-0.15, -0.1) is 0 Å². The summed E-state index contributed by atoms with van der Waals surface area (Å²) < 4.78 is 6.95. The summed E-state index contributed by atoms with van der Waals surface area (Å²) in [6.45, 7) is 4.97. The molecule has 190 valence electrons. The number of para-hydroxylation sites is 1. The molecule has 1 saturated heterocycles. The highest BCUT2D eigenvalue weighted by Crippen LogP contribution is 2.21. The van der Waals surface area contributed by atoms with Crippen LogP contribution >= 0.6 is 0 Å². The van der Waals surface area contributed by atoms with Gasteiger partial charge in [0.2, 0.25) is 11.8 Å². The lowest BCUT2D eigenvalue weighted by Crippen LogP contribution is -2.47. The molecule has 10 nitrogen and oxygen atoms in total. The number of ether oxygens (including phenoxy) is 1. The molecule has 0 aliphatic carbocycles. The van der Waals surface area contributed by atoms with Crippen molar-refractivity contribution in [2.24, 2.45) is 5.73 Å². The average molecular weight is 493 g/mol. The number of methoxy groups -OCH3 is 1. The number of likely N-dealkylation sites (tertiary alicyclic amines) is 1. The molecule has 3 N–H and O–H groups in total. The highest BCUT2D eigenvalue weighted by molar-refractivity contribution is 5.98. The number of primary amides is 1. The fraction of sp³-hybridized carbons (Fsp3) is 0.423. The number of aromatic nitrogens is 3. The number of hydrogen-bond donors (Lipinski definition) is 2. The van der Waals surface area contributed by atoms with Gasteiger partial charge >= 0.3 is 0 Å². The van der Waals surface area contributed by atoms with E-state index in [-0.39, 0.29) is 23.4 Å². The molecule has 4 rings (SSSR count). The molecule has 0 saturated carbocycles. The van der Waals surface area contributed by atoms with Crippen molar-refractivity contribution >= 4 is 23.4 Å². The topological polar surface area (TPSA) is 132 Å². The van der Waals surface area contributed by atoms with E-state index in [2.05, 4.69) is 15.4 Å². The van der Waals surface area contributed by atoms with Gasteiger partial charge < -0.3 is 20.7 Å². The Bertz CT molecular complexity index is 1290. The zero-order chi connectivity index (χ0) is 25.8. The second kappa shape index (κ2) is 10.8. The lowest BCUT2D eigenvalue weighted by molar-refractivity contribution is -0.131. The van der Waals surface area contributed by atoms with E-state index < -0.39 is 5.91 Å². The molecule has 3 amide bonds. The summed E-state index contributed by atoms with van der Waals surface area (Å²) in [5.74, 6) is 0.173. The highest BCUT2D eigenvalue weighted by atomic mass is 16.5. The summed E-state index contributed by atoms with van der Waals surface area (Å²) in [5.41, 5.74) is 9.49. The number of benzene rings is 1. The second-order valence-corrected chi connectivity index (χ2v) is 9.13. The summed E-state index contributed by atoms with van der Waals surface area (Å²) in [4.78, 5) is 43.4. The third-order valence-electron chi connectivity index (χ3n) is 6.82. The second-order valence-electron chi connectivity index (χ2n) is 9.13. The summed E-state index contributed by atoms with van der Waals surface area (Å²) in [7, 11) is 1.60. The lowest BCUT2D eigenvalue weighted by atomic mass is 10.0.